The van der Waals surface area contributed by atoms with Crippen molar-refractivity contribution in [3.63, 3.8) is 0 Å². The molecular weight excluding hydrogens is 322 g/mol. The normalized spacial score (nSPS) is 10.5. The first kappa shape index (κ1) is 17.7. The zero-order valence-electron chi connectivity index (χ0n) is 15.3. The highest BCUT2D eigenvalue weighted by molar-refractivity contribution is 5.81. The monoisotopic (exact) mass is 347 g/mol. The van der Waals surface area contributed by atoms with Gasteiger partial charge in [0.2, 0.25) is 0 Å². The van der Waals surface area contributed by atoms with Gasteiger partial charge in [0.15, 0.2) is 11.6 Å². The second-order valence-corrected chi connectivity index (χ2v) is 6.28. The summed E-state index contributed by atoms with van der Waals surface area (Å²) < 4.78 is 0. The first-order valence-corrected chi connectivity index (χ1v) is 8.94. The smallest absolute Gasteiger partial charge is 0.161 e. The van der Waals surface area contributed by atoms with E-state index in [0.29, 0.717) is 17.3 Å². The Morgan fingerprint density at radius 3 is 2.42 bits per heavy atom. The van der Waals surface area contributed by atoms with E-state index in [4.69, 9.17) is 5.73 Å². The lowest BCUT2D eigenvalue weighted by atomic mass is 10.1. The summed E-state index contributed by atoms with van der Waals surface area (Å²) >= 11 is 0. The van der Waals surface area contributed by atoms with Crippen LogP contribution in [0.3, 0.4) is 0 Å². The zero-order chi connectivity index (χ0) is 18.4. The molecule has 0 saturated heterocycles. The molecule has 2 aromatic carbocycles. The Labute approximate surface area is 154 Å². The molecule has 0 aliphatic rings. The number of hydrogen-bond donors (Lipinski definition) is 2. The quantitative estimate of drug-likeness (QED) is 0.635. The molecule has 0 unspecified atom stereocenters. The van der Waals surface area contributed by atoms with Gasteiger partial charge in [-0.25, -0.2) is 9.97 Å². The predicted molar refractivity (Wildman–Crippen MR) is 109 cm³/mol. The summed E-state index contributed by atoms with van der Waals surface area (Å²) in [5.74, 6) is 1.28. The zero-order valence-corrected chi connectivity index (χ0v) is 15.3. The van der Waals surface area contributed by atoms with Crippen molar-refractivity contribution < 1.29 is 0 Å². The van der Waals surface area contributed by atoms with Crippen LogP contribution in [0.15, 0.2) is 60.9 Å². The molecule has 3 aromatic rings. The van der Waals surface area contributed by atoms with Gasteiger partial charge in [-0.1, -0.05) is 43.7 Å². The number of anilines is 5. The lowest BCUT2D eigenvalue weighted by Crippen LogP contribution is -2.15. The molecular formula is C21H25N5. The average Bonchev–Trinajstić information content (AvgIpc) is 2.69. The number of unbranched alkanes of at least 4 members (excludes halogenated alkanes) is 1. The van der Waals surface area contributed by atoms with Gasteiger partial charge >= 0.3 is 0 Å². The van der Waals surface area contributed by atoms with Gasteiger partial charge in [-0.15, -0.1) is 0 Å². The Hall–Kier alpha value is -3.08. The van der Waals surface area contributed by atoms with Crippen molar-refractivity contribution in [3.05, 3.63) is 66.5 Å². The first-order chi connectivity index (χ1) is 12.7. The minimum Gasteiger partial charge on any atom is -0.393 e. The molecule has 0 radical (unpaired) electrons. The van der Waals surface area contributed by atoms with Crippen LogP contribution in [0.4, 0.5) is 28.7 Å². The molecule has 0 aliphatic carbocycles. The fraction of sp³-hybridized carbons (Fsp3) is 0.238. The number of nitrogens with two attached hydrogens (primary N) is 1. The minimum absolute atomic E-state index is 0.522. The number of nitrogens with one attached hydrogen (secondary N) is 1. The second kappa shape index (κ2) is 8.34. The van der Waals surface area contributed by atoms with E-state index in [1.54, 1.807) is 0 Å². The van der Waals surface area contributed by atoms with Crippen LogP contribution in [0, 0.1) is 0 Å². The van der Waals surface area contributed by atoms with E-state index < -0.39 is 0 Å². The molecule has 0 fully saturated rings. The first-order valence-electron chi connectivity index (χ1n) is 8.94. The third-order valence-electron chi connectivity index (χ3n) is 4.36. The van der Waals surface area contributed by atoms with Crippen molar-refractivity contribution in [2.24, 2.45) is 0 Å². The van der Waals surface area contributed by atoms with Gasteiger partial charge in [0, 0.05) is 18.4 Å². The van der Waals surface area contributed by atoms with Crippen molar-refractivity contribution in [2.45, 2.75) is 26.2 Å². The number of aromatic nitrogens is 2. The van der Waals surface area contributed by atoms with Gasteiger partial charge in [0.1, 0.15) is 12.0 Å². The number of rotatable bonds is 7. The van der Waals surface area contributed by atoms with Gasteiger partial charge in [0.05, 0.1) is 0 Å². The predicted octanol–water partition coefficient (Wildman–Crippen LogP) is 4.91. The fourth-order valence-corrected chi connectivity index (χ4v) is 2.80. The summed E-state index contributed by atoms with van der Waals surface area (Å²) in [6, 6.07) is 18.4. The number of aryl methyl sites for hydroxylation is 1. The van der Waals surface area contributed by atoms with E-state index in [9.17, 15) is 0 Å². The van der Waals surface area contributed by atoms with E-state index in [-0.39, 0.29) is 0 Å². The van der Waals surface area contributed by atoms with Crippen LogP contribution >= 0.6 is 0 Å². The number of nitrogens with zero attached hydrogens (tertiary/aromatic N) is 3. The maximum absolute atomic E-state index is 6.34. The Morgan fingerprint density at radius 1 is 1.00 bits per heavy atom. The fourth-order valence-electron chi connectivity index (χ4n) is 2.80. The molecule has 1 heterocycles. The van der Waals surface area contributed by atoms with Crippen LogP contribution in [-0.2, 0) is 6.42 Å². The van der Waals surface area contributed by atoms with Crippen LogP contribution in [0.2, 0.25) is 0 Å². The highest BCUT2D eigenvalue weighted by atomic mass is 15.2. The Morgan fingerprint density at radius 2 is 1.73 bits per heavy atom. The molecule has 134 valence electrons. The lowest BCUT2D eigenvalue weighted by molar-refractivity contribution is 0.795. The number of hydrogen-bond acceptors (Lipinski definition) is 5. The van der Waals surface area contributed by atoms with Gasteiger partial charge < -0.3 is 16.0 Å². The van der Waals surface area contributed by atoms with Crippen molar-refractivity contribution in [1.82, 2.24) is 9.97 Å². The molecule has 0 amide bonds. The molecule has 0 spiro atoms. The third kappa shape index (κ3) is 4.11. The summed E-state index contributed by atoms with van der Waals surface area (Å²) in [6.07, 6.45) is 5.05. The SMILES string of the molecule is CCCCc1ccc(Nc2ncnc(N(C)c3ccccc3)c2N)cc1. The Balaban J connectivity index is 1.79. The van der Waals surface area contributed by atoms with Crippen LogP contribution in [-0.4, -0.2) is 17.0 Å². The van der Waals surface area contributed by atoms with Crippen molar-refractivity contribution >= 4 is 28.7 Å². The van der Waals surface area contributed by atoms with Crippen LogP contribution in [0.25, 0.3) is 0 Å². The van der Waals surface area contributed by atoms with E-state index in [0.717, 1.165) is 17.8 Å². The lowest BCUT2D eigenvalue weighted by Gasteiger charge is -2.21. The molecule has 5 heteroatoms. The van der Waals surface area contributed by atoms with Gasteiger partial charge in [-0.2, -0.15) is 0 Å². The summed E-state index contributed by atoms with van der Waals surface area (Å²) in [5.41, 5.74) is 10.2. The van der Waals surface area contributed by atoms with E-state index >= 15 is 0 Å². The maximum Gasteiger partial charge on any atom is 0.161 e. The molecule has 3 rings (SSSR count). The van der Waals surface area contributed by atoms with Gasteiger partial charge in [-0.3, -0.25) is 0 Å². The summed E-state index contributed by atoms with van der Waals surface area (Å²) in [5, 5.41) is 3.30. The topological polar surface area (TPSA) is 67.1 Å². The number of para-hydroxylation sites is 1. The van der Waals surface area contributed by atoms with Crippen LogP contribution in [0.5, 0.6) is 0 Å². The average molecular weight is 347 g/mol. The van der Waals surface area contributed by atoms with Gasteiger partial charge in [-0.05, 0) is 42.7 Å². The molecule has 5 nitrogen and oxygen atoms in total. The van der Waals surface area contributed by atoms with E-state index in [1.165, 1.54) is 24.7 Å². The largest absolute Gasteiger partial charge is 0.393 e. The molecule has 1 aromatic heterocycles. The summed E-state index contributed by atoms with van der Waals surface area (Å²) in [4.78, 5) is 10.6. The van der Waals surface area contributed by atoms with Crippen LogP contribution in [0.1, 0.15) is 25.3 Å². The van der Waals surface area contributed by atoms with Crippen LogP contribution < -0.4 is 16.0 Å². The number of nitrogen functional groups attached to an aromatic ring is 1. The molecule has 0 aliphatic heterocycles. The highest BCUT2D eigenvalue weighted by Gasteiger charge is 2.13. The molecule has 0 atom stereocenters. The minimum atomic E-state index is 0.522. The van der Waals surface area contributed by atoms with E-state index in [2.05, 4.69) is 46.5 Å². The Kier molecular flexibility index (Phi) is 5.69. The molecule has 26 heavy (non-hydrogen) atoms. The summed E-state index contributed by atoms with van der Waals surface area (Å²) in [6.45, 7) is 2.21. The highest BCUT2D eigenvalue weighted by Crippen LogP contribution is 2.31. The second-order valence-electron chi connectivity index (χ2n) is 6.28. The van der Waals surface area contributed by atoms with Crippen molar-refractivity contribution in [2.75, 3.05) is 23.0 Å². The molecule has 0 saturated carbocycles. The summed E-state index contributed by atoms with van der Waals surface area (Å²) in [7, 11) is 1.94. The molecule has 0 bridgehead atoms. The van der Waals surface area contributed by atoms with Crippen molar-refractivity contribution in [3.8, 4) is 0 Å². The van der Waals surface area contributed by atoms with Crippen molar-refractivity contribution in [1.29, 1.82) is 0 Å². The Bertz CT molecular complexity index is 831. The third-order valence-corrected chi connectivity index (χ3v) is 4.36. The molecule has 3 N–H and O–H groups in total. The standard InChI is InChI=1S/C21H25N5/c1-3-4-8-16-11-13-17(14-12-16)25-20-19(22)21(24-15-23-20)26(2)18-9-6-5-7-10-18/h5-7,9-15H,3-4,8,22H2,1-2H3,(H,23,24,25). The number of benzene rings is 2. The maximum atomic E-state index is 6.34. The van der Waals surface area contributed by atoms with E-state index in [1.807, 2.05) is 42.3 Å². The van der Waals surface area contributed by atoms with Gasteiger partial charge in [0.25, 0.3) is 0 Å².